The average molecular weight is 525 g/mol. The summed E-state index contributed by atoms with van der Waals surface area (Å²) in [5.74, 6) is -1.58. The molecule has 2 heterocycles. The van der Waals surface area contributed by atoms with E-state index in [-0.39, 0.29) is 28.1 Å². The van der Waals surface area contributed by atoms with Gasteiger partial charge in [-0.1, -0.05) is 17.7 Å². The number of carbonyl (C=O) groups is 1. The van der Waals surface area contributed by atoms with Crippen LogP contribution in [0.3, 0.4) is 0 Å². The molecule has 0 saturated carbocycles. The SMILES string of the molecule is CC(C)(C)n1ccc(C2C[C@@H](C(=O)Nc3ccc(OC(F)(F)F)cc3)N[C@H]2c2ccc(Cl)c(F)c2)n1. The molecule has 4 rings (SSSR count). The van der Waals surface area contributed by atoms with Crippen molar-refractivity contribution in [3.8, 4) is 5.75 Å². The van der Waals surface area contributed by atoms with Gasteiger partial charge < -0.3 is 10.1 Å². The maximum absolute atomic E-state index is 14.3. The summed E-state index contributed by atoms with van der Waals surface area (Å²) in [6, 6.07) is 10.2. The lowest BCUT2D eigenvalue weighted by atomic mass is 9.90. The second-order valence-electron chi connectivity index (χ2n) is 9.63. The number of halogens is 5. The largest absolute Gasteiger partial charge is 0.573 e. The van der Waals surface area contributed by atoms with Crippen LogP contribution in [0.4, 0.5) is 23.2 Å². The highest BCUT2D eigenvalue weighted by molar-refractivity contribution is 6.30. The van der Waals surface area contributed by atoms with Crippen molar-refractivity contribution in [2.24, 2.45) is 0 Å². The molecule has 192 valence electrons. The Morgan fingerprint density at radius 1 is 1.14 bits per heavy atom. The summed E-state index contributed by atoms with van der Waals surface area (Å²) in [6.07, 6.45) is -2.56. The van der Waals surface area contributed by atoms with Gasteiger partial charge in [0.2, 0.25) is 5.91 Å². The van der Waals surface area contributed by atoms with Crippen molar-refractivity contribution < 1.29 is 27.1 Å². The highest BCUT2D eigenvalue weighted by Crippen LogP contribution is 2.41. The topological polar surface area (TPSA) is 68.2 Å². The molecule has 0 radical (unpaired) electrons. The zero-order valence-corrected chi connectivity index (χ0v) is 20.5. The van der Waals surface area contributed by atoms with Gasteiger partial charge in [-0.15, -0.1) is 13.2 Å². The van der Waals surface area contributed by atoms with Crippen molar-refractivity contribution in [2.45, 2.75) is 57.1 Å². The van der Waals surface area contributed by atoms with E-state index in [2.05, 4.69) is 15.4 Å². The number of carbonyl (C=O) groups excluding carboxylic acids is 1. The van der Waals surface area contributed by atoms with Gasteiger partial charge in [-0.05, 0) is 75.2 Å². The fourth-order valence-corrected chi connectivity index (χ4v) is 4.30. The Balaban J connectivity index is 1.55. The molecule has 1 saturated heterocycles. The maximum atomic E-state index is 14.3. The van der Waals surface area contributed by atoms with E-state index in [0.29, 0.717) is 17.7 Å². The fourth-order valence-electron chi connectivity index (χ4n) is 4.18. The molecule has 1 aliphatic rings. The Labute approximate surface area is 210 Å². The van der Waals surface area contributed by atoms with Crippen LogP contribution in [0.1, 0.15) is 50.4 Å². The number of nitrogens with zero attached hydrogens (tertiary/aromatic N) is 2. The quantitative estimate of drug-likeness (QED) is 0.393. The predicted molar refractivity (Wildman–Crippen MR) is 127 cm³/mol. The van der Waals surface area contributed by atoms with Crippen LogP contribution in [0.5, 0.6) is 5.75 Å². The number of hydrogen-bond acceptors (Lipinski definition) is 4. The fraction of sp³-hybridized carbons (Fsp3) is 0.360. The first-order valence-electron chi connectivity index (χ1n) is 11.2. The third kappa shape index (κ3) is 5.99. The van der Waals surface area contributed by atoms with Gasteiger partial charge in [0.1, 0.15) is 11.6 Å². The molecule has 1 fully saturated rings. The van der Waals surface area contributed by atoms with E-state index in [9.17, 15) is 22.4 Å². The normalized spacial score (nSPS) is 20.4. The van der Waals surface area contributed by atoms with Gasteiger partial charge in [-0.25, -0.2) is 4.39 Å². The molecule has 3 atom stereocenters. The molecule has 2 aromatic carbocycles. The van der Waals surface area contributed by atoms with Gasteiger partial charge in [0, 0.05) is 23.8 Å². The van der Waals surface area contributed by atoms with Crippen molar-refractivity contribution in [1.82, 2.24) is 15.1 Å². The number of hydrogen-bond donors (Lipinski definition) is 2. The summed E-state index contributed by atoms with van der Waals surface area (Å²) in [4.78, 5) is 13.1. The van der Waals surface area contributed by atoms with Crippen LogP contribution < -0.4 is 15.4 Å². The van der Waals surface area contributed by atoms with Crippen molar-refractivity contribution >= 4 is 23.2 Å². The molecular formula is C25H25ClF4N4O2. The van der Waals surface area contributed by atoms with Crippen molar-refractivity contribution in [3.05, 3.63) is 76.8 Å². The van der Waals surface area contributed by atoms with Gasteiger partial charge in [0.25, 0.3) is 0 Å². The van der Waals surface area contributed by atoms with Gasteiger partial charge in [-0.2, -0.15) is 5.10 Å². The molecule has 36 heavy (non-hydrogen) atoms. The molecular weight excluding hydrogens is 500 g/mol. The van der Waals surface area contributed by atoms with Crippen molar-refractivity contribution in [3.63, 3.8) is 0 Å². The summed E-state index contributed by atoms with van der Waals surface area (Å²) in [5, 5.41) is 10.7. The molecule has 6 nitrogen and oxygen atoms in total. The second kappa shape index (κ2) is 9.74. The monoisotopic (exact) mass is 524 g/mol. The number of ether oxygens (including phenoxy) is 1. The number of nitrogens with one attached hydrogen (secondary N) is 2. The van der Waals surface area contributed by atoms with Crippen LogP contribution in [-0.4, -0.2) is 28.1 Å². The van der Waals surface area contributed by atoms with Crippen LogP contribution in [0.25, 0.3) is 0 Å². The summed E-state index contributed by atoms with van der Waals surface area (Å²) in [6.45, 7) is 6.05. The first kappa shape index (κ1) is 26.0. The summed E-state index contributed by atoms with van der Waals surface area (Å²) >= 11 is 5.86. The highest BCUT2D eigenvalue weighted by Gasteiger charge is 2.40. The van der Waals surface area contributed by atoms with E-state index in [4.69, 9.17) is 16.7 Å². The first-order valence-corrected chi connectivity index (χ1v) is 11.6. The minimum Gasteiger partial charge on any atom is -0.406 e. The number of benzene rings is 2. The first-order chi connectivity index (χ1) is 16.8. The Hall–Kier alpha value is -3.11. The van der Waals surface area contributed by atoms with E-state index in [1.54, 1.807) is 6.07 Å². The number of anilines is 1. The van der Waals surface area contributed by atoms with E-state index < -0.39 is 24.3 Å². The lowest BCUT2D eigenvalue weighted by molar-refractivity contribution is -0.274. The standard InChI is InChI=1S/C25H25ClF4N4O2/c1-24(2,3)34-11-10-20(33-34)17-13-21(32-22(17)14-4-9-18(26)19(27)12-14)23(35)31-15-5-7-16(8-6-15)36-25(28,29)30/h4-12,17,21-22,32H,13H2,1-3H3,(H,31,35)/t17?,21-,22-/m0/s1. The van der Waals surface area contributed by atoms with Crippen molar-refractivity contribution in [1.29, 1.82) is 0 Å². The minimum atomic E-state index is -4.80. The Morgan fingerprint density at radius 2 is 1.83 bits per heavy atom. The lowest BCUT2D eigenvalue weighted by Crippen LogP contribution is -2.36. The Morgan fingerprint density at radius 3 is 2.42 bits per heavy atom. The molecule has 0 bridgehead atoms. The van der Waals surface area contributed by atoms with Gasteiger partial charge in [-0.3, -0.25) is 14.8 Å². The number of amides is 1. The zero-order valence-electron chi connectivity index (χ0n) is 19.7. The second-order valence-corrected chi connectivity index (χ2v) is 10.0. The van der Waals surface area contributed by atoms with Gasteiger partial charge >= 0.3 is 6.36 Å². The van der Waals surface area contributed by atoms with Gasteiger partial charge in [0.15, 0.2) is 0 Å². The average Bonchev–Trinajstić information content (AvgIpc) is 3.43. The lowest BCUT2D eigenvalue weighted by Gasteiger charge is -2.21. The third-order valence-electron chi connectivity index (χ3n) is 5.92. The highest BCUT2D eigenvalue weighted by atomic mass is 35.5. The summed E-state index contributed by atoms with van der Waals surface area (Å²) in [5.41, 5.74) is 1.44. The molecule has 1 aromatic heterocycles. The Kier molecular flexibility index (Phi) is 7.03. The van der Waals surface area contributed by atoms with E-state index in [1.807, 2.05) is 37.7 Å². The van der Waals surface area contributed by atoms with E-state index >= 15 is 0 Å². The number of alkyl halides is 3. The van der Waals surface area contributed by atoms with Crippen LogP contribution in [0.2, 0.25) is 5.02 Å². The molecule has 0 aliphatic carbocycles. The van der Waals surface area contributed by atoms with Crippen LogP contribution in [0, 0.1) is 5.82 Å². The zero-order chi connectivity index (χ0) is 26.3. The molecule has 1 unspecified atom stereocenters. The molecule has 1 amide bonds. The van der Waals surface area contributed by atoms with Crippen molar-refractivity contribution in [2.75, 3.05) is 5.32 Å². The molecule has 1 aliphatic heterocycles. The van der Waals surface area contributed by atoms with Crippen LogP contribution in [0.15, 0.2) is 54.7 Å². The molecule has 2 N–H and O–H groups in total. The predicted octanol–water partition coefficient (Wildman–Crippen LogP) is 6.15. The van der Waals surface area contributed by atoms with Gasteiger partial charge in [0.05, 0.1) is 22.3 Å². The summed E-state index contributed by atoms with van der Waals surface area (Å²) in [7, 11) is 0. The van der Waals surface area contributed by atoms with Crippen LogP contribution in [-0.2, 0) is 10.3 Å². The molecule has 11 heteroatoms. The number of rotatable bonds is 5. The van der Waals surface area contributed by atoms with E-state index in [1.165, 1.54) is 24.3 Å². The minimum absolute atomic E-state index is 0.00227. The smallest absolute Gasteiger partial charge is 0.406 e. The van der Waals surface area contributed by atoms with Crippen LogP contribution >= 0.6 is 11.6 Å². The number of aromatic nitrogens is 2. The Bertz CT molecular complexity index is 1240. The molecule has 3 aromatic rings. The summed E-state index contributed by atoms with van der Waals surface area (Å²) < 4.78 is 57.1. The molecule has 0 spiro atoms. The third-order valence-corrected chi connectivity index (χ3v) is 6.23. The van der Waals surface area contributed by atoms with E-state index in [0.717, 1.165) is 17.8 Å². The maximum Gasteiger partial charge on any atom is 0.573 e.